The average Bonchev–Trinajstić information content (AvgIpc) is 2.65. The zero-order valence-electron chi connectivity index (χ0n) is 14.0. The number of pyridine rings is 1. The third kappa shape index (κ3) is 3.47. The quantitative estimate of drug-likeness (QED) is 0.749. The van der Waals surface area contributed by atoms with E-state index in [9.17, 15) is 9.59 Å². The Labute approximate surface area is 144 Å². The molecular weight excluding hydrogens is 320 g/mol. The Hall–Kier alpha value is -3.28. The number of methoxy groups -OCH3 is 2. The van der Waals surface area contributed by atoms with E-state index < -0.39 is 0 Å². The molecular formula is C19H18N2O4. The maximum Gasteiger partial charge on any atom is 0.268 e. The Morgan fingerprint density at radius 1 is 1.08 bits per heavy atom. The summed E-state index contributed by atoms with van der Waals surface area (Å²) in [5.41, 5.74) is 0.737. The third-order valence-electron chi connectivity index (χ3n) is 3.93. The highest BCUT2D eigenvalue weighted by Crippen LogP contribution is 2.24. The summed E-state index contributed by atoms with van der Waals surface area (Å²) in [6.07, 6.45) is 0. The Kier molecular flexibility index (Phi) is 4.70. The summed E-state index contributed by atoms with van der Waals surface area (Å²) in [6, 6.07) is 14.2. The Balaban J connectivity index is 1.80. The summed E-state index contributed by atoms with van der Waals surface area (Å²) in [4.78, 5) is 27.1. The number of carbonyl (C=O) groups excluding carboxylic acids is 1. The van der Waals surface area contributed by atoms with Gasteiger partial charge < -0.3 is 19.8 Å². The van der Waals surface area contributed by atoms with Crippen LogP contribution in [0.25, 0.3) is 10.8 Å². The number of nitrogens with one attached hydrogen (secondary N) is 2. The minimum atomic E-state index is -0.360. The maximum atomic E-state index is 12.4. The SMILES string of the molecule is COc1ccc(CNC(=O)c2cc3ccccc3c(=O)[nH]2)c(OC)c1. The van der Waals surface area contributed by atoms with Crippen molar-refractivity contribution in [3.8, 4) is 11.5 Å². The van der Waals surface area contributed by atoms with E-state index in [1.165, 1.54) is 0 Å². The van der Waals surface area contributed by atoms with Gasteiger partial charge in [-0.1, -0.05) is 18.2 Å². The van der Waals surface area contributed by atoms with Crippen LogP contribution < -0.4 is 20.3 Å². The summed E-state index contributed by atoms with van der Waals surface area (Å²) in [6.45, 7) is 0.265. The van der Waals surface area contributed by atoms with Crippen LogP contribution in [-0.4, -0.2) is 25.1 Å². The number of ether oxygens (including phenoxy) is 2. The molecule has 6 heteroatoms. The number of amides is 1. The molecule has 0 fully saturated rings. The van der Waals surface area contributed by atoms with Gasteiger partial charge >= 0.3 is 0 Å². The number of hydrogen-bond donors (Lipinski definition) is 2. The van der Waals surface area contributed by atoms with Crippen molar-refractivity contribution < 1.29 is 14.3 Å². The van der Waals surface area contributed by atoms with E-state index in [1.54, 1.807) is 50.6 Å². The molecule has 0 atom stereocenters. The number of fused-ring (bicyclic) bond motifs is 1. The molecule has 25 heavy (non-hydrogen) atoms. The molecule has 0 radical (unpaired) electrons. The Bertz CT molecular complexity index is 979. The predicted octanol–water partition coefficient (Wildman–Crippen LogP) is 2.48. The number of aromatic nitrogens is 1. The van der Waals surface area contributed by atoms with Gasteiger partial charge in [-0.25, -0.2) is 0 Å². The van der Waals surface area contributed by atoms with Crippen LogP contribution in [0.3, 0.4) is 0 Å². The van der Waals surface area contributed by atoms with Crippen molar-refractivity contribution in [2.24, 2.45) is 0 Å². The van der Waals surface area contributed by atoms with Gasteiger partial charge in [0.05, 0.1) is 14.2 Å². The number of H-pyrrole nitrogens is 1. The van der Waals surface area contributed by atoms with E-state index >= 15 is 0 Å². The highest BCUT2D eigenvalue weighted by atomic mass is 16.5. The molecule has 1 amide bonds. The average molecular weight is 338 g/mol. The highest BCUT2D eigenvalue weighted by Gasteiger charge is 2.11. The van der Waals surface area contributed by atoms with E-state index in [0.29, 0.717) is 16.9 Å². The lowest BCUT2D eigenvalue weighted by Gasteiger charge is -2.11. The standard InChI is InChI=1S/C19H18N2O4/c1-24-14-8-7-13(17(10-14)25-2)11-20-19(23)16-9-12-5-3-4-6-15(12)18(22)21-16/h3-10H,11H2,1-2H3,(H,20,23)(H,21,22). The number of benzene rings is 2. The van der Waals surface area contributed by atoms with Gasteiger partial charge in [0.1, 0.15) is 17.2 Å². The molecule has 0 aliphatic heterocycles. The van der Waals surface area contributed by atoms with Gasteiger partial charge in [0.2, 0.25) is 0 Å². The van der Waals surface area contributed by atoms with Crippen LogP contribution in [0.5, 0.6) is 11.5 Å². The summed E-state index contributed by atoms with van der Waals surface area (Å²) >= 11 is 0. The predicted molar refractivity (Wildman–Crippen MR) is 95.3 cm³/mol. The van der Waals surface area contributed by atoms with Gasteiger partial charge in [-0.2, -0.15) is 0 Å². The second kappa shape index (κ2) is 7.09. The van der Waals surface area contributed by atoms with Crippen LogP contribution in [0.15, 0.2) is 53.3 Å². The minimum Gasteiger partial charge on any atom is -0.497 e. The molecule has 6 nitrogen and oxygen atoms in total. The number of aromatic amines is 1. The molecule has 2 aromatic carbocycles. The fraction of sp³-hybridized carbons (Fsp3) is 0.158. The summed E-state index contributed by atoms with van der Waals surface area (Å²) in [7, 11) is 3.13. The molecule has 0 unspecified atom stereocenters. The third-order valence-corrected chi connectivity index (χ3v) is 3.93. The normalized spacial score (nSPS) is 10.5. The first-order valence-corrected chi connectivity index (χ1v) is 7.73. The molecule has 1 heterocycles. The van der Waals surface area contributed by atoms with Crippen LogP contribution >= 0.6 is 0 Å². The lowest BCUT2D eigenvalue weighted by Crippen LogP contribution is -2.26. The molecule has 128 valence electrons. The summed E-state index contributed by atoms with van der Waals surface area (Å²) < 4.78 is 10.5. The molecule has 0 aliphatic carbocycles. The zero-order valence-corrected chi connectivity index (χ0v) is 14.0. The molecule has 3 rings (SSSR count). The summed E-state index contributed by atoms with van der Waals surface area (Å²) in [5, 5.41) is 4.06. The van der Waals surface area contributed by atoms with Crippen molar-refractivity contribution >= 4 is 16.7 Å². The van der Waals surface area contributed by atoms with E-state index in [4.69, 9.17) is 9.47 Å². The monoisotopic (exact) mass is 338 g/mol. The van der Waals surface area contributed by atoms with Gasteiger partial charge in [-0.05, 0) is 29.7 Å². The van der Waals surface area contributed by atoms with E-state index in [1.807, 2.05) is 12.1 Å². The Morgan fingerprint density at radius 2 is 1.88 bits per heavy atom. The second-order valence-corrected chi connectivity index (χ2v) is 5.46. The van der Waals surface area contributed by atoms with Gasteiger partial charge in [0.25, 0.3) is 11.5 Å². The number of rotatable bonds is 5. The highest BCUT2D eigenvalue weighted by molar-refractivity contribution is 5.96. The number of hydrogen-bond acceptors (Lipinski definition) is 4. The van der Waals surface area contributed by atoms with E-state index in [2.05, 4.69) is 10.3 Å². The van der Waals surface area contributed by atoms with Gasteiger partial charge in [0, 0.05) is 23.6 Å². The molecule has 0 spiro atoms. The second-order valence-electron chi connectivity index (χ2n) is 5.46. The molecule has 3 aromatic rings. The molecule has 0 aliphatic rings. The van der Waals surface area contributed by atoms with Crippen molar-refractivity contribution in [1.29, 1.82) is 0 Å². The van der Waals surface area contributed by atoms with Crippen molar-refractivity contribution in [1.82, 2.24) is 10.3 Å². The Morgan fingerprint density at radius 3 is 2.64 bits per heavy atom. The fourth-order valence-electron chi connectivity index (χ4n) is 2.60. The van der Waals surface area contributed by atoms with Crippen LogP contribution in [0.4, 0.5) is 0 Å². The first-order chi connectivity index (χ1) is 12.1. The minimum absolute atomic E-state index is 0.219. The zero-order chi connectivity index (χ0) is 17.8. The van der Waals surface area contributed by atoms with Crippen molar-refractivity contribution in [2.45, 2.75) is 6.54 Å². The van der Waals surface area contributed by atoms with E-state index in [0.717, 1.165) is 10.9 Å². The molecule has 0 saturated heterocycles. The smallest absolute Gasteiger partial charge is 0.268 e. The maximum absolute atomic E-state index is 12.4. The van der Waals surface area contributed by atoms with Crippen LogP contribution in [0, 0.1) is 0 Å². The lowest BCUT2D eigenvalue weighted by atomic mass is 10.1. The molecule has 2 N–H and O–H groups in total. The molecule has 1 aromatic heterocycles. The molecule has 0 saturated carbocycles. The van der Waals surface area contributed by atoms with Crippen molar-refractivity contribution in [2.75, 3.05) is 14.2 Å². The van der Waals surface area contributed by atoms with Gasteiger partial charge in [-0.15, -0.1) is 0 Å². The lowest BCUT2D eigenvalue weighted by molar-refractivity contribution is 0.0945. The van der Waals surface area contributed by atoms with Crippen LogP contribution in [-0.2, 0) is 6.54 Å². The first-order valence-electron chi connectivity index (χ1n) is 7.73. The van der Waals surface area contributed by atoms with E-state index in [-0.39, 0.29) is 23.7 Å². The van der Waals surface area contributed by atoms with Crippen molar-refractivity contribution in [3.05, 3.63) is 70.1 Å². The molecule has 0 bridgehead atoms. The summed E-state index contributed by atoms with van der Waals surface area (Å²) in [5.74, 6) is 0.929. The van der Waals surface area contributed by atoms with Gasteiger partial charge in [0.15, 0.2) is 0 Å². The fourth-order valence-corrected chi connectivity index (χ4v) is 2.60. The number of carbonyl (C=O) groups is 1. The van der Waals surface area contributed by atoms with Crippen LogP contribution in [0.2, 0.25) is 0 Å². The first kappa shape index (κ1) is 16.6. The largest absolute Gasteiger partial charge is 0.497 e. The van der Waals surface area contributed by atoms with Crippen LogP contribution in [0.1, 0.15) is 16.1 Å². The van der Waals surface area contributed by atoms with Gasteiger partial charge in [-0.3, -0.25) is 9.59 Å². The topological polar surface area (TPSA) is 80.4 Å². The van der Waals surface area contributed by atoms with Crippen molar-refractivity contribution in [3.63, 3.8) is 0 Å².